The van der Waals surface area contributed by atoms with Crippen LogP contribution < -0.4 is 5.32 Å². The van der Waals surface area contributed by atoms with Gasteiger partial charge in [0.25, 0.3) is 0 Å². The molecule has 2 aromatic heterocycles. The highest BCUT2D eigenvalue weighted by molar-refractivity contribution is 9.10. The second kappa shape index (κ2) is 6.08. The molecular formula is C15H15BrN2OS. The monoisotopic (exact) mass is 350 g/mol. The minimum atomic E-state index is 0.224. The number of oxazole rings is 1. The molecule has 0 amide bonds. The number of benzene rings is 1. The van der Waals surface area contributed by atoms with Crippen LogP contribution in [-0.2, 0) is 6.42 Å². The van der Waals surface area contributed by atoms with Crippen LogP contribution in [0.5, 0.6) is 0 Å². The third-order valence-electron chi connectivity index (χ3n) is 3.13. The number of aromatic nitrogens is 1. The van der Waals surface area contributed by atoms with Crippen LogP contribution in [-0.4, -0.2) is 11.5 Å². The van der Waals surface area contributed by atoms with Crippen LogP contribution in [0.15, 0.2) is 44.6 Å². The summed E-state index contributed by atoms with van der Waals surface area (Å²) in [6.07, 6.45) is 0.752. The van der Waals surface area contributed by atoms with Crippen LogP contribution in [0.1, 0.15) is 23.7 Å². The average Bonchev–Trinajstić information content (AvgIpc) is 3.03. The first-order valence-electron chi connectivity index (χ1n) is 6.58. The Kier molecular flexibility index (Phi) is 4.19. The summed E-state index contributed by atoms with van der Waals surface area (Å²) in [5.41, 5.74) is 1.77. The average molecular weight is 351 g/mol. The second-order valence-corrected chi connectivity index (χ2v) is 6.32. The molecule has 0 saturated carbocycles. The molecule has 1 unspecified atom stereocenters. The molecule has 3 rings (SSSR count). The van der Waals surface area contributed by atoms with E-state index in [4.69, 9.17) is 4.42 Å². The molecule has 3 aromatic rings. The van der Waals surface area contributed by atoms with Gasteiger partial charge in [-0.1, -0.05) is 19.1 Å². The summed E-state index contributed by atoms with van der Waals surface area (Å²) in [6, 6.07) is 10.2. The SMILES string of the molecule is CCNC(Cc1nc2ccccc2o1)c1sccc1Br. The molecule has 1 N–H and O–H groups in total. The standard InChI is InChI=1S/C15H15BrN2OS/c1-2-17-12(15-10(16)7-8-20-15)9-14-18-11-5-3-4-6-13(11)19-14/h3-8,12,17H,2,9H2,1H3. The van der Waals surface area contributed by atoms with E-state index in [2.05, 4.69) is 44.6 Å². The summed E-state index contributed by atoms with van der Waals surface area (Å²) in [7, 11) is 0. The lowest BCUT2D eigenvalue weighted by molar-refractivity contribution is 0.463. The first kappa shape index (κ1) is 13.8. The minimum absolute atomic E-state index is 0.224. The molecule has 1 aromatic carbocycles. The Hall–Kier alpha value is -1.17. The zero-order chi connectivity index (χ0) is 13.9. The lowest BCUT2D eigenvalue weighted by Crippen LogP contribution is -2.22. The number of likely N-dealkylation sites (N-methyl/N-ethyl adjacent to an activating group) is 1. The van der Waals surface area contributed by atoms with Crippen molar-refractivity contribution in [1.29, 1.82) is 0 Å². The Morgan fingerprint density at radius 2 is 2.20 bits per heavy atom. The number of hydrogen-bond acceptors (Lipinski definition) is 4. The zero-order valence-electron chi connectivity index (χ0n) is 11.1. The van der Waals surface area contributed by atoms with E-state index in [0.29, 0.717) is 0 Å². The quantitative estimate of drug-likeness (QED) is 0.733. The van der Waals surface area contributed by atoms with E-state index >= 15 is 0 Å². The highest BCUT2D eigenvalue weighted by Gasteiger charge is 2.18. The third-order valence-corrected chi connectivity index (χ3v) is 5.11. The molecule has 0 aliphatic carbocycles. The van der Waals surface area contributed by atoms with E-state index in [1.54, 1.807) is 11.3 Å². The number of rotatable bonds is 5. The van der Waals surface area contributed by atoms with Gasteiger partial charge >= 0.3 is 0 Å². The van der Waals surface area contributed by atoms with Gasteiger partial charge in [-0.3, -0.25) is 0 Å². The lowest BCUT2D eigenvalue weighted by atomic mass is 10.1. The number of hydrogen-bond donors (Lipinski definition) is 1. The van der Waals surface area contributed by atoms with Crippen LogP contribution in [0.25, 0.3) is 11.1 Å². The summed E-state index contributed by atoms with van der Waals surface area (Å²) in [5.74, 6) is 0.775. The highest BCUT2D eigenvalue weighted by atomic mass is 79.9. The van der Waals surface area contributed by atoms with Crippen LogP contribution >= 0.6 is 27.3 Å². The van der Waals surface area contributed by atoms with Gasteiger partial charge in [0.15, 0.2) is 11.5 Å². The van der Waals surface area contributed by atoms with Crippen molar-refractivity contribution in [2.24, 2.45) is 0 Å². The predicted octanol–water partition coefficient (Wildman–Crippen LogP) is 4.55. The van der Waals surface area contributed by atoms with E-state index in [0.717, 1.165) is 34.4 Å². The predicted molar refractivity (Wildman–Crippen MR) is 86.1 cm³/mol. The maximum Gasteiger partial charge on any atom is 0.197 e. The molecule has 1 atom stereocenters. The molecular weight excluding hydrogens is 336 g/mol. The molecule has 0 aliphatic heterocycles. The van der Waals surface area contributed by atoms with Crippen molar-refractivity contribution in [3.05, 3.63) is 51.0 Å². The largest absolute Gasteiger partial charge is 0.441 e. The fraction of sp³-hybridized carbons (Fsp3) is 0.267. The molecule has 0 aliphatic rings. The van der Waals surface area contributed by atoms with Gasteiger partial charge in [0.1, 0.15) is 5.52 Å². The van der Waals surface area contributed by atoms with Gasteiger partial charge in [0.05, 0.1) is 6.04 Å². The van der Waals surface area contributed by atoms with E-state index in [1.165, 1.54) is 4.88 Å². The van der Waals surface area contributed by atoms with Crippen molar-refractivity contribution in [3.8, 4) is 0 Å². The number of para-hydroxylation sites is 2. The lowest BCUT2D eigenvalue weighted by Gasteiger charge is -2.15. The van der Waals surface area contributed by atoms with Crippen LogP contribution in [0, 0.1) is 0 Å². The summed E-state index contributed by atoms with van der Waals surface area (Å²) in [5, 5.41) is 5.59. The third kappa shape index (κ3) is 2.80. The number of fused-ring (bicyclic) bond motifs is 1. The van der Waals surface area contributed by atoms with E-state index < -0.39 is 0 Å². The molecule has 0 bridgehead atoms. The number of halogens is 1. The summed E-state index contributed by atoms with van der Waals surface area (Å²) in [4.78, 5) is 5.84. The Balaban J connectivity index is 1.88. The van der Waals surface area contributed by atoms with Crippen molar-refractivity contribution < 1.29 is 4.42 Å². The van der Waals surface area contributed by atoms with E-state index in [1.807, 2.05) is 24.3 Å². The highest BCUT2D eigenvalue weighted by Crippen LogP contribution is 2.31. The molecule has 20 heavy (non-hydrogen) atoms. The number of nitrogens with one attached hydrogen (secondary N) is 1. The number of nitrogens with zero attached hydrogens (tertiary/aromatic N) is 1. The Morgan fingerprint density at radius 1 is 1.35 bits per heavy atom. The van der Waals surface area contributed by atoms with Crippen LogP contribution in [0.2, 0.25) is 0 Å². The van der Waals surface area contributed by atoms with Gasteiger partial charge in [0.2, 0.25) is 0 Å². The molecule has 5 heteroatoms. The van der Waals surface area contributed by atoms with Crippen molar-refractivity contribution >= 4 is 38.4 Å². The van der Waals surface area contributed by atoms with Gasteiger partial charge < -0.3 is 9.73 Å². The fourth-order valence-corrected chi connectivity index (χ4v) is 3.97. The van der Waals surface area contributed by atoms with Crippen LogP contribution in [0.3, 0.4) is 0 Å². The molecule has 0 saturated heterocycles. The molecule has 0 fully saturated rings. The van der Waals surface area contributed by atoms with Crippen molar-refractivity contribution in [3.63, 3.8) is 0 Å². The Labute approximate surface area is 130 Å². The summed E-state index contributed by atoms with van der Waals surface area (Å²) < 4.78 is 6.96. The Bertz CT molecular complexity index is 674. The van der Waals surface area contributed by atoms with Crippen LogP contribution in [0.4, 0.5) is 0 Å². The van der Waals surface area contributed by atoms with E-state index in [9.17, 15) is 0 Å². The van der Waals surface area contributed by atoms with Gasteiger partial charge in [-0.25, -0.2) is 4.98 Å². The van der Waals surface area contributed by atoms with Crippen molar-refractivity contribution in [2.45, 2.75) is 19.4 Å². The zero-order valence-corrected chi connectivity index (χ0v) is 13.5. The molecule has 0 radical (unpaired) electrons. The molecule has 3 nitrogen and oxygen atoms in total. The maximum atomic E-state index is 5.82. The number of thiophene rings is 1. The maximum absolute atomic E-state index is 5.82. The normalized spacial score (nSPS) is 12.9. The Morgan fingerprint density at radius 3 is 2.90 bits per heavy atom. The molecule has 104 valence electrons. The second-order valence-electron chi connectivity index (χ2n) is 4.52. The van der Waals surface area contributed by atoms with Gasteiger partial charge in [-0.05, 0) is 46.1 Å². The first-order valence-corrected chi connectivity index (χ1v) is 8.26. The molecule has 0 spiro atoms. The topological polar surface area (TPSA) is 38.1 Å². The van der Waals surface area contributed by atoms with Crippen molar-refractivity contribution in [2.75, 3.05) is 6.54 Å². The van der Waals surface area contributed by atoms with Gasteiger partial charge in [0, 0.05) is 15.8 Å². The van der Waals surface area contributed by atoms with Gasteiger partial charge in [-0.15, -0.1) is 11.3 Å². The first-order chi connectivity index (χ1) is 9.78. The minimum Gasteiger partial charge on any atom is -0.441 e. The summed E-state index contributed by atoms with van der Waals surface area (Å²) >= 11 is 5.35. The summed E-state index contributed by atoms with van der Waals surface area (Å²) in [6.45, 7) is 3.02. The fourth-order valence-electron chi connectivity index (χ4n) is 2.24. The molecule has 2 heterocycles. The smallest absolute Gasteiger partial charge is 0.197 e. The van der Waals surface area contributed by atoms with Gasteiger partial charge in [-0.2, -0.15) is 0 Å². The van der Waals surface area contributed by atoms with Crippen molar-refractivity contribution in [1.82, 2.24) is 10.3 Å². The van der Waals surface area contributed by atoms with E-state index in [-0.39, 0.29) is 6.04 Å².